The van der Waals surface area contributed by atoms with Crippen molar-refractivity contribution in [3.05, 3.63) is 88.2 Å². The van der Waals surface area contributed by atoms with E-state index in [0.717, 1.165) is 12.8 Å². The van der Waals surface area contributed by atoms with Crippen molar-refractivity contribution >= 4 is 11.6 Å². The number of hydrogen-bond acceptors (Lipinski definition) is 4. The molecule has 0 aliphatic heterocycles. The van der Waals surface area contributed by atoms with Crippen molar-refractivity contribution in [2.75, 3.05) is 0 Å². The number of amides is 1. The van der Waals surface area contributed by atoms with Crippen molar-refractivity contribution < 1.29 is 14.1 Å². The minimum Gasteiger partial charge on any atom is -0.331 e. The molecule has 2 aromatic carbocycles. The zero-order chi connectivity index (χ0) is 19.7. The zero-order valence-corrected chi connectivity index (χ0v) is 14.9. The molecule has 0 spiro atoms. The predicted octanol–water partition coefficient (Wildman–Crippen LogP) is 3.72. The van der Waals surface area contributed by atoms with Crippen molar-refractivity contribution in [1.82, 2.24) is 14.5 Å². The van der Waals surface area contributed by atoms with E-state index in [1.165, 1.54) is 35.3 Å². The van der Waals surface area contributed by atoms with E-state index in [1.54, 1.807) is 35.4 Å². The highest BCUT2D eigenvalue weighted by Crippen LogP contribution is 2.32. The summed E-state index contributed by atoms with van der Waals surface area (Å²) in [5.74, 6) is -0.714. The van der Waals surface area contributed by atoms with Gasteiger partial charge in [0.15, 0.2) is 0 Å². The van der Waals surface area contributed by atoms with Crippen LogP contribution in [0.15, 0.2) is 61.2 Å². The van der Waals surface area contributed by atoms with Gasteiger partial charge in [-0.2, -0.15) is 0 Å². The molecule has 4 rings (SSSR count). The van der Waals surface area contributed by atoms with E-state index in [1.807, 2.05) is 0 Å². The fourth-order valence-electron chi connectivity index (χ4n) is 3.15. The quantitative estimate of drug-likeness (QED) is 0.482. The molecule has 28 heavy (non-hydrogen) atoms. The van der Waals surface area contributed by atoms with Gasteiger partial charge < -0.3 is 9.47 Å². The first-order valence-corrected chi connectivity index (χ1v) is 8.86. The number of imidazole rings is 1. The Morgan fingerprint density at radius 3 is 2.71 bits per heavy atom. The molecule has 1 amide bonds. The number of carbonyl (C=O) groups excluding carboxylic acids is 1. The third kappa shape index (κ3) is 3.48. The van der Waals surface area contributed by atoms with Gasteiger partial charge in [-0.1, -0.05) is 18.2 Å². The first-order chi connectivity index (χ1) is 13.5. The summed E-state index contributed by atoms with van der Waals surface area (Å²) in [5.41, 5.74) is 0.766. The molecule has 0 atom stereocenters. The molecular weight excluding hydrogens is 363 g/mol. The topological polar surface area (TPSA) is 81.3 Å². The third-order valence-corrected chi connectivity index (χ3v) is 4.75. The van der Waals surface area contributed by atoms with Gasteiger partial charge in [0.2, 0.25) is 0 Å². The summed E-state index contributed by atoms with van der Waals surface area (Å²) in [6, 6.07) is 10.7. The van der Waals surface area contributed by atoms with Crippen LogP contribution in [-0.4, -0.2) is 31.3 Å². The largest absolute Gasteiger partial charge is 0.331 e. The normalized spacial score (nSPS) is 13.3. The number of nitro benzene ring substituents is 1. The SMILES string of the molecule is O=C(c1ccc(-n2ccnc2)c([N+](=O)[O-])c1)N(Cc1ccccc1F)C1CC1. The van der Waals surface area contributed by atoms with Crippen molar-refractivity contribution in [1.29, 1.82) is 0 Å². The Bertz CT molecular complexity index is 1030. The molecule has 8 heteroatoms. The minimum atomic E-state index is -0.523. The average molecular weight is 380 g/mol. The van der Waals surface area contributed by atoms with Gasteiger partial charge in [-0.3, -0.25) is 14.9 Å². The molecule has 1 fully saturated rings. The Balaban J connectivity index is 1.67. The highest BCUT2D eigenvalue weighted by molar-refractivity contribution is 5.95. The van der Waals surface area contributed by atoms with Crippen LogP contribution in [0.3, 0.4) is 0 Å². The summed E-state index contributed by atoms with van der Waals surface area (Å²) < 4.78 is 15.6. The summed E-state index contributed by atoms with van der Waals surface area (Å²) in [7, 11) is 0. The average Bonchev–Trinajstić information content (AvgIpc) is 3.39. The molecular formula is C20H17FN4O3. The van der Waals surface area contributed by atoms with Crippen LogP contribution in [0.25, 0.3) is 5.69 Å². The lowest BCUT2D eigenvalue weighted by Gasteiger charge is -2.23. The van der Waals surface area contributed by atoms with E-state index in [4.69, 9.17) is 0 Å². The van der Waals surface area contributed by atoms with Gasteiger partial charge in [-0.15, -0.1) is 0 Å². The van der Waals surface area contributed by atoms with Crippen LogP contribution in [0.4, 0.5) is 10.1 Å². The smallest absolute Gasteiger partial charge is 0.294 e. The van der Waals surface area contributed by atoms with E-state index < -0.39 is 4.92 Å². The predicted molar refractivity (Wildman–Crippen MR) is 99.5 cm³/mol. The standard InChI is InChI=1S/C20H17FN4O3/c21-17-4-2-1-3-15(17)12-24(16-6-7-16)20(26)14-5-8-18(19(11-14)25(27)28)23-10-9-22-13-23/h1-5,8-11,13,16H,6-7,12H2. The Morgan fingerprint density at radius 2 is 2.07 bits per heavy atom. The Kier molecular flexibility index (Phi) is 4.60. The molecule has 1 saturated carbocycles. The van der Waals surface area contributed by atoms with Crippen molar-refractivity contribution in [3.8, 4) is 5.69 Å². The maximum atomic E-state index is 14.0. The molecule has 0 unspecified atom stereocenters. The highest BCUT2D eigenvalue weighted by Gasteiger charge is 2.34. The summed E-state index contributed by atoms with van der Waals surface area (Å²) in [6.45, 7) is 0.132. The van der Waals surface area contributed by atoms with Gasteiger partial charge in [0.05, 0.1) is 11.3 Å². The molecule has 0 N–H and O–H groups in total. The van der Waals surface area contributed by atoms with Crippen LogP contribution in [0, 0.1) is 15.9 Å². The molecule has 1 aromatic heterocycles. The molecule has 1 aliphatic rings. The molecule has 1 heterocycles. The maximum Gasteiger partial charge on any atom is 0.294 e. The maximum absolute atomic E-state index is 14.0. The summed E-state index contributed by atoms with van der Waals surface area (Å²) in [6.07, 6.45) is 6.26. The van der Waals surface area contributed by atoms with Crippen LogP contribution in [-0.2, 0) is 6.54 Å². The molecule has 0 saturated heterocycles. The van der Waals surface area contributed by atoms with Crippen molar-refractivity contribution in [3.63, 3.8) is 0 Å². The summed E-state index contributed by atoms with van der Waals surface area (Å²) in [5, 5.41) is 11.5. The van der Waals surface area contributed by atoms with Gasteiger partial charge in [0.25, 0.3) is 11.6 Å². The lowest BCUT2D eigenvalue weighted by Crippen LogP contribution is -2.33. The first-order valence-electron chi connectivity index (χ1n) is 8.86. The lowest BCUT2D eigenvalue weighted by atomic mass is 10.1. The number of carbonyl (C=O) groups is 1. The van der Waals surface area contributed by atoms with E-state index in [-0.39, 0.29) is 35.6 Å². The second-order valence-electron chi connectivity index (χ2n) is 6.69. The van der Waals surface area contributed by atoms with Gasteiger partial charge in [0, 0.05) is 42.2 Å². The van der Waals surface area contributed by atoms with Gasteiger partial charge in [-0.05, 0) is 31.0 Å². The molecule has 142 valence electrons. The van der Waals surface area contributed by atoms with Gasteiger partial charge >= 0.3 is 0 Å². The van der Waals surface area contributed by atoms with Crippen LogP contribution in [0.1, 0.15) is 28.8 Å². The second kappa shape index (κ2) is 7.22. The fraction of sp³-hybridized carbons (Fsp3) is 0.200. The highest BCUT2D eigenvalue weighted by atomic mass is 19.1. The Labute approximate surface area is 160 Å². The van der Waals surface area contributed by atoms with Gasteiger partial charge in [0.1, 0.15) is 11.5 Å². The number of hydrogen-bond donors (Lipinski definition) is 0. The summed E-state index contributed by atoms with van der Waals surface area (Å²) in [4.78, 5) is 29.6. The van der Waals surface area contributed by atoms with Crippen LogP contribution in [0.2, 0.25) is 0 Å². The third-order valence-electron chi connectivity index (χ3n) is 4.75. The molecule has 3 aromatic rings. The van der Waals surface area contributed by atoms with E-state index in [0.29, 0.717) is 11.3 Å². The van der Waals surface area contributed by atoms with Gasteiger partial charge in [-0.25, -0.2) is 9.37 Å². The second-order valence-corrected chi connectivity index (χ2v) is 6.69. The zero-order valence-electron chi connectivity index (χ0n) is 14.9. The molecule has 7 nitrogen and oxygen atoms in total. The lowest BCUT2D eigenvalue weighted by molar-refractivity contribution is -0.384. The number of aromatic nitrogens is 2. The van der Waals surface area contributed by atoms with E-state index >= 15 is 0 Å². The van der Waals surface area contributed by atoms with E-state index in [9.17, 15) is 19.3 Å². The minimum absolute atomic E-state index is 0.0273. The van der Waals surface area contributed by atoms with Crippen molar-refractivity contribution in [2.45, 2.75) is 25.4 Å². The van der Waals surface area contributed by atoms with Crippen molar-refractivity contribution in [2.24, 2.45) is 0 Å². The molecule has 1 aliphatic carbocycles. The Hall–Kier alpha value is -3.55. The summed E-state index contributed by atoms with van der Waals surface area (Å²) >= 11 is 0. The fourth-order valence-corrected chi connectivity index (χ4v) is 3.15. The monoisotopic (exact) mass is 380 g/mol. The Morgan fingerprint density at radius 1 is 1.29 bits per heavy atom. The van der Waals surface area contributed by atoms with Crippen LogP contribution >= 0.6 is 0 Å². The number of nitro groups is 1. The number of benzene rings is 2. The van der Waals surface area contributed by atoms with Crippen LogP contribution in [0.5, 0.6) is 0 Å². The number of rotatable bonds is 6. The van der Waals surface area contributed by atoms with Crippen LogP contribution < -0.4 is 0 Å². The number of nitrogens with zero attached hydrogens (tertiary/aromatic N) is 4. The van der Waals surface area contributed by atoms with E-state index in [2.05, 4.69) is 4.98 Å². The number of halogens is 1. The molecule has 0 bridgehead atoms. The molecule has 0 radical (unpaired) electrons. The first kappa shape index (κ1) is 17.8.